The lowest BCUT2D eigenvalue weighted by Gasteiger charge is -2.16. The first-order chi connectivity index (χ1) is 6.09. The predicted molar refractivity (Wildman–Crippen MR) is 53.6 cm³/mol. The number of hydrogen-bond donors (Lipinski definition) is 0. The highest BCUT2D eigenvalue weighted by Gasteiger charge is 2.14. The fraction of sp³-hybridized carbons (Fsp3) is 0.900. The molecule has 0 spiro atoms. The topological polar surface area (TPSA) is 29.5 Å². The van der Waals surface area contributed by atoms with Gasteiger partial charge < -0.3 is 9.64 Å². The van der Waals surface area contributed by atoms with Crippen molar-refractivity contribution in [3.63, 3.8) is 0 Å². The number of ether oxygens (including phenoxy) is 1. The van der Waals surface area contributed by atoms with Crippen LogP contribution in [0.4, 0.5) is 0 Å². The predicted octanol–water partition coefficient (Wildman–Crippen LogP) is 1.53. The smallest absolute Gasteiger partial charge is 0.227 e. The van der Waals surface area contributed by atoms with Gasteiger partial charge in [-0.1, -0.05) is 20.3 Å². The molecule has 0 aliphatic heterocycles. The number of nitrogens with zero attached hydrogens (tertiary/aromatic N) is 1. The second-order valence-electron chi connectivity index (χ2n) is 3.56. The van der Waals surface area contributed by atoms with Crippen molar-refractivity contribution < 1.29 is 9.53 Å². The van der Waals surface area contributed by atoms with Gasteiger partial charge in [-0.2, -0.15) is 0 Å². The second kappa shape index (κ2) is 6.89. The van der Waals surface area contributed by atoms with E-state index in [0.717, 1.165) is 19.4 Å². The molecule has 0 bridgehead atoms. The Bertz CT molecular complexity index is 146. The molecule has 0 heterocycles. The van der Waals surface area contributed by atoms with Crippen LogP contribution in [0.15, 0.2) is 0 Å². The van der Waals surface area contributed by atoms with Gasteiger partial charge >= 0.3 is 0 Å². The summed E-state index contributed by atoms with van der Waals surface area (Å²) in [4.78, 5) is 13.0. The van der Waals surface area contributed by atoms with Gasteiger partial charge in [-0.05, 0) is 6.42 Å². The van der Waals surface area contributed by atoms with Crippen LogP contribution in [0.2, 0.25) is 0 Å². The number of rotatable bonds is 6. The highest BCUT2D eigenvalue weighted by Crippen LogP contribution is 2.00. The molecular formula is C10H21NO2. The molecule has 0 aromatic heterocycles. The van der Waals surface area contributed by atoms with E-state index in [1.807, 2.05) is 6.92 Å². The van der Waals surface area contributed by atoms with Crippen LogP contribution in [-0.4, -0.2) is 38.1 Å². The van der Waals surface area contributed by atoms with Gasteiger partial charge in [0.15, 0.2) is 0 Å². The van der Waals surface area contributed by atoms with Crippen molar-refractivity contribution in [3.8, 4) is 0 Å². The molecule has 0 radical (unpaired) electrons. The molecule has 0 rings (SSSR count). The van der Waals surface area contributed by atoms with Gasteiger partial charge in [0.1, 0.15) is 0 Å². The van der Waals surface area contributed by atoms with Crippen LogP contribution in [0.5, 0.6) is 0 Å². The molecule has 0 aromatic carbocycles. The van der Waals surface area contributed by atoms with Crippen molar-refractivity contribution in [2.75, 3.05) is 27.3 Å². The SMILES string of the molecule is CCCCOCC(C)C(=O)N(C)C. The molecule has 3 heteroatoms. The number of amides is 1. The molecule has 0 aromatic rings. The lowest BCUT2D eigenvalue weighted by molar-refractivity contribution is -0.134. The summed E-state index contributed by atoms with van der Waals surface area (Å²) in [6.45, 7) is 5.32. The number of hydrogen-bond acceptors (Lipinski definition) is 2. The first-order valence-electron chi connectivity index (χ1n) is 4.88. The summed E-state index contributed by atoms with van der Waals surface area (Å²) < 4.78 is 5.36. The van der Waals surface area contributed by atoms with E-state index in [0.29, 0.717) is 6.61 Å². The van der Waals surface area contributed by atoms with Crippen molar-refractivity contribution in [1.29, 1.82) is 0 Å². The third-order valence-corrected chi connectivity index (χ3v) is 1.87. The van der Waals surface area contributed by atoms with Crippen LogP contribution in [0.1, 0.15) is 26.7 Å². The molecule has 3 nitrogen and oxygen atoms in total. The average Bonchev–Trinajstić information content (AvgIpc) is 2.10. The van der Waals surface area contributed by atoms with E-state index in [4.69, 9.17) is 4.74 Å². The first kappa shape index (κ1) is 12.4. The van der Waals surface area contributed by atoms with Crippen molar-refractivity contribution >= 4 is 5.91 Å². The monoisotopic (exact) mass is 187 g/mol. The first-order valence-corrected chi connectivity index (χ1v) is 4.88. The van der Waals surface area contributed by atoms with Crippen LogP contribution in [-0.2, 0) is 9.53 Å². The highest BCUT2D eigenvalue weighted by atomic mass is 16.5. The zero-order chi connectivity index (χ0) is 10.3. The van der Waals surface area contributed by atoms with Gasteiger partial charge in [0.2, 0.25) is 5.91 Å². The van der Waals surface area contributed by atoms with Gasteiger partial charge in [-0.25, -0.2) is 0 Å². The molecular weight excluding hydrogens is 166 g/mol. The van der Waals surface area contributed by atoms with Gasteiger partial charge in [-0.3, -0.25) is 4.79 Å². The maximum Gasteiger partial charge on any atom is 0.227 e. The van der Waals surface area contributed by atoms with Gasteiger partial charge in [0.05, 0.1) is 12.5 Å². The molecule has 0 N–H and O–H groups in total. The van der Waals surface area contributed by atoms with E-state index in [1.54, 1.807) is 19.0 Å². The maximum absolute atomic E-state index is 11.4. The Balaban J connectivity index is 3.50. The lowest BCUT2D eigenvalue weighted by Crippen LogP contribution is -2.30. The minimum absolute atomic E-state index is 0.0214. The standard InChI is InChI=1S/C10H21NO2/c1-5-6-7-13-8-9(2)10(12)11(3)4/h9H,5-8H2,1-4H3. The molecule has 0 fully saturated rings. The lowest BCUT2D eigenvalue weighted by atomic mass is 10.2. The Morgan fingerprint density at radius 3 is 2.54 bits per heavy atom. The maximum atomic E-state index is 11.4. The van der Waals surface area contributed by atoms with E-state index in [-0.39, 0.29) is 11.8 Å². The van der Waals surface area contributed by atoms with Gasteiger partial charge in [0, 0.05) is 20.7 Å². The molecule has 1 amide bonds. The van der Waals surface area contributed by atoms with Crippen LogP contribution in [0.25, 0.3) is 0 Å². The van der Waals surface area contributed by atoms with E-state index in [1.165, 1.54) is 0 Å². The van der Waals surface area contributed by atoms with E-state index < -0.39 is 0 Å². The summed E-state index contributed by atoms with van der Waals surface area (Å²) >= 11 is 0. The summed E-state index contributed by atoms with van der Waals surface area (Å²) in [6, 6.07) is 0. The molecule has 78 valence electrons. The van der Waals surface area contributed by atoms with Crippen LogP contribution >= 0.6 is 0 Å². The number of unbranched alkanes of at least 4 members (excludes halogenated alkanes) is 1. The molecule has 1 atom stereocenters. The second-order valence-corrected chi connectivity index (χ2v) is 3.56. The van der Waals surface area contributed by atoms with E-state index >= 15 is 0 Å². The molecule has 0 saturated heterocycles. The third-order valence-electron chi connectivity index (χ3n) is 1.87. The fourth-order valence-corrected chi connectivity index (χ4v) is 1.02. The van der Waals surface area contributed by atoms with Crippen LogP contribution < -0.4 is 0 Å². The zero-order valence-electron chi connectivity index (χ0n) is 9.17. The Morgan fingerprint density at radius 1 is 1.46 bits per heavy atom. The Kier molecular flexibility index (Phi) is 6.59. The average molecular weight is 187 g/mol. The molecule has 0 saturated carbocycles. The van der Waals surface area contributed by atoms with Crippen molar-refractivity contribution in [2.24, 2.45) is 5.92 Å². The van der Waals surface area contributed by atoms with Crippen molar-refractivity contribution in [3.05, 3.63) is 0 Å². The van der Waals surface area contributed by atoms with Crippen molar-refractivity contribution in [1.82, 2.24) is 4.90 Å². The number of carbonyl (C=O) groups excluding carboxylic acids is 1. The third kappa shape index (κ3) is 5.64. The summed E-state index contributed by atoms with van der Waals surface area (Å²) in [5, 5.41) is 0. The fourth-order valence-electron chi connectivity index (χ4n) is 1.02. The van der Waals surface area contributed by atoms with Gasteiger partial charge in [0.25, 0.3) is 0 Å². The highest BCUT2D eigenvalue weighted by molar-refractivity contribution is 5.77. The van der Waals surface area contributed by atoms with Crippen molar-refractivity contribution in [2.45, 2.75) is 26.7 Å². The summed E-state index contributed by atoms with van der Waals surface area (Å²) in [6.07, 6.45) is 2.21. The zero-order valence-corrected chi connectivity index (χ0v) is 9.17. The minimum atomic E-state index is -0.0214. The summed E-state index contributed by atoms with van der Waals surface area (Å²) in [7, 11) is 3.54. The van der Waals surface area contributed by atoms with Crippen LogP contribution in [0.3, 0.4) is 0 Å². The Hall–Kier alpha value is -0.570. The molecule has 13 heavy (non-hydrogen) atoms. The number of carbonyl (C=O) groups is 1. The van der Waals surface area contributed by atoms with Gasteiger partial charge in [-0.15, -0.1) is 0 Å². The Morgan fingerprint density at radius 2 is 2.08 bits per heavy atom. The summed E-state index contributed by atoms with van der Waals surface area (Å²) in [5.41, 5.74) is 0. The molecule has 1 unspecified atom stereocenters. The minimum Gasteiger partial charge on any atom is -0.381 e. The Labute approximate surface area is 81.1 Å². The normalized spacial score (nSPS) is 12.6. The molecule has 0 aliphatic carbocycles. The van der Waals surface area contributed by atoms with Crippen LogP contribution in [0, 0.1) is 5.92 Å². The van der Waals surface area contributed by atoms with E-state index in [9.17, 15) is 4.79 Å². The van der Waals surface area contributed by atoms with E-state index in [2.05, 4.69) is 6.92 Å². The molecule has 0 aliphatic rings. The largest absolute Gasteiger partial charge is 0.381 e. The summed E-state index contributed by atoms with van der Waals surface area (Å²) in [5.74, 6) is 0.114. The quantitative estimate of drug-likeness (QED) is 0.590.